The van der Waals surface area contributed by atoms with Crippen molar-refractivity contribution < 1.29 is 9.84 Å². The summed E-state index contributed by atoms with van der Waals surface area (Å²) >= 11 is 0. The third kappa shape index (κ3) is 1.66. The molecule has 0 bridgehead atoms. The third-order valence-electron chi connectivity index (χ3n) is 1.80. The topological polar surface area (TPSA) is 29.5 Å². The lowest BCUT2D eigenvalue weighted by Gasteiger charge is -2.18. The standard InChI is InChI=1S/C7H14O2/c1-2-3-7(8)4-5-9-6-7/h8H,2-6H2,1H3. The fourth-order valence-electron chi connectivity index (χ4n) is 1.26. The van der Waals surface area contributed by atoms with Crippen LogP contribution in [0.5, 0.6) is 0 Å². The SMILES string of the molecule is CCCC1(O)CCOC1. The molecule has 54 valence electrons. The molecule has 9 heavy (non-hydrogen) atoms. The molecule has 0 aromatic rings. The zero-order chi connectivity index (χ0) is 6.74. The van der Waals surface area contributed by atoms with Gasteiger partial charge in [-0.15, -0.1) is 0 Å². The molecule has 0 amide bonds. The van der Waals surface area contributed by atoms with E-state index in [9.17, 15) is 5.11 Å². The van der Waals surface area contributed by atoms with Crippen LogP contribution in [0.3, 0.4) is 0 Å². The van der Waals surface area contributed by atoms with Gasteiger partial charge >= 0.3 is 0 Å². The second kappa shape index (κ2) is 2.67. The molecular weight excluding hydrogens is 116 g/mol. The largest absolute Gasteiger partial charge is 0.387 e. The third-order valence-corrected chi connectivity index (χ3v) is 1.80. The highest BCUT2D eigenvalue weighted by molar-refractivity contribution is 4.81. The molecule has 1 heterocycles. The minimum absolute atomic E-state index is 0.477. The van der Waals surface area contributed by atoms with Crippen molar-refractivity contribution >= 4 is 0 Å². The van der Waals surface area contributed by atoms with Gasteiger partial charge in [0.25, 0.3) is 0 Å². The molecule has 0 aromatic carbocycles. The molecule has 0 saturated carbocycles. The van der Waals surface area contributed by atoms with Crippen LogP contribution < -0.4 is 0 Å². The molecule has 1 rings (SSSR count). The predicted octanol–water partition coefficient (Wildman–Crippen LogP) is 0.938. The van der Waals surface area contributed by atoms with E-state index < -0.39 is 5.60 Å². The van der Waals surface area contributed by atoms with Crippen molar-refractivity contribution in [3.05, 3.63) is 0 Å². The van der Waals surface area contributed by atoms with Crippen LogP contribution in [0.25, 0.3) is 0 Å². The Morgan fingerprint density at radius 2 is 2.44 bits per heavy atom. The van der Waals surface area contributed by atoms with Crippen molar-refractivity contribution in [1.82, 2.24) is 0 Å². The summed E-state index contributed by atoms with van der Waals surface area (Å²) in [5, 5.41) is 9.57. The maximum Gasteiger partial charge on any atom is 0.0901 e. The average Bonchev–Trinajstić information content (AvgIpc) is 2.16. The summed E-state index contributed by atoms with van der Waals surface area (Å²) in [7, 11) is 0. The number of hydrogen-bond acceptors (Lipinski definition) is 2. The molecule has 0 spiro atoms. The summed E-state index contributed by atoms with van der Waals surface area (Å²) in [5.74, 6) is 0. The van der Waals surface area contributed by atoms with E-state index in [0.29, 0.717) is 6.61 Å². The Morgan fingerprint density at radius 3 is 2.89 bits per heavy atom. The lowest BCUT2D eigenvalue weighted by Crippen LogP contribution is -2.27. The van der Waals surface area contributed by atoms with Crippen LogP contribution in [0.4, 0.5) is 0 Å². The highest BCUT2D eigenvalue weighted by atomic mass is 16.5. The zero-order valence-electron chi connectivity index (χ0n) is 5.89. The van der Waals surface area contributed by atoms with Gasteiger partial charge in [0.05, 0.1) is 12.2 Å². The molecule has 2 heteroatoms. The molecule has 1 saturated heterocycles. The summed E-state index contributed by atoms with van der Waals surface area (Å²) < 4.78 is 5.06. The number of ether oxygens (including phenoxy) is 1. The fourth-order valence-corrected chi connectivity index (χ4v) is 1.26. The number of aliphatic hydroxyl groups is 1. The van der Waals surface area contributed by atoms with Gasteiger partial charge in [-0.2, -0.15) is 0 Å². The van der Waals surface area contributed by atoms with Crippen molar-refractivity contribution in [2.75, 3.05) is 13.2 Å². The first-order chi connectivity index (χ1) is 4.27. The van der Waals surface area contributed by atoms with Crippen LogP contribution in [-0.4, -0.2) is 23.9 Å². The summed E-state index contributed by atoms with van der Waals surface area (Å²) in [4.78, 5) is 0. The Kier molecular flexibility index (Phi) is 2.09. The van der Waals surface area contributed by atoms with E-state index in [2.05, 4.69) is 6.92 Å². The monoisotopic (exact) mass is 130 g/mol. The Balaban J connectivity index is 2.32. The van der Waals surface area contributed by atoms with Crippen molar-refractivity contribution in [3.8, 4) is 0 Å². The minimum atomic E-state index is -0.477. The first kappa shape index (κ1) is 7.03. The maximum absolute atomic E-state index is 9.57. The second-order valence-electron chi connectivity index (χ2n) is 2.78. The predicted molar refractivity (Wildman–Crippen MR) is 35.3 cm³/mol. The van der Waals surface area contributed by atoms with Gasteiger partial charge in [0, 0.05) is 13.0 Å². The van der Waals surface area contributed by atoms with Gasteiger partial charge in [-0.3, -0.25) is 0 Å². The van der Waals surface area contributed by atoms with Crippen LogP contribution in [0.1, 0.15) is 26.2 Å². The summed E-state index contributed by atoms with van der Waals surface area (Å²) in [6, 6.07) is 0. The van der Waals surface area contributed by atoms with Gasteiger partial charge in [-0.25, -0.2) is 0 Å². The fraction of sp³-hybridized carbons (Fsp3) is 1.00. The van der Waals surface area contributed by atoms with Crippen molar-refractivity contribution in [1.29, 1.82) is 0 Å². The van der Waals surface area contributed by atoms with Crippen LogP contribution in [0.2, 0.25) is 0 Å². The summed E-state index contributed by atoms with van der Waals surface area (Å²) in [6.07, 6.45) is 2.74. The minimum Gasteiger partial charge on any atom is -0.387 e. The quantitative estimate of drug-likeness (QED) is 0.602. The first-order valence-electron chi connectivity index (χ1n) is 3.57. The van der Waals surface area contributed by atoms with Gasteiger partial charge in [0.1, 0.15) is 0 Å². The van der Waals surface area contributed by atoms with E-state index in [1.807, 2.05) is 0 Å². The molecule has 1 N–H and O–H groups in total. The normalized spacial score (nSPS) is 35.3. The van der Waals surface area contributed by atoms with Crippen molar-refractivity contribution in [2.24, 2.45) is 0 Å². The van der Waals surface area contributed by atoms with Crippen LogP contribution in [0, 0.1) is 0 Å². The smallest absolute Gasteiger partial charge is 0.0901 e. The molecule has 0 aliphatic carbocycles. The van der Waals surface area contributed by atoms with Crippen molar-refractivity contribution in [3.63, 3.8) is 0 Å². The molecule has 0 aromatic heterocycles. The Morgan fingerprint density at radius 1 is 1.67 bits per heavy atom. The molecule has 1 aliphatic heterocycles. The lowest BCUT2D eigenvalue weighted by atomic mass is 9.98. The maximum atomic E-state index is 9.57. The summed E-state index contributed by atoms with van der Waals surface area (Å²) in [5.41, 5.74) is -0.477. The first-order valence-corrected chi connectivity index (χ1v) is 3.57. The van der Waals surface area contributed by atoms with E-state index in [-0.39, 0.29) is 0 Å². The van der Waals surface area contributed by atoms with Gasteiger partial charge in [-0.05, 0) is 6.42 Å². The molecule has 1 unspecified atom stereocenters. The van der Waals surface area contributed by atoms with E-state index in [1.165, 1.54) is 0 Å². The Hall–Kier alpha value is -0.0800. The Bertz CT molecular complexity index is 84.9. The summed E-state index contributed by atoms with van der Waals surface area (Å²) in [6.45, 7) is 3.35. The van der Waals surface area contributed by atoms with Crippen LogP contribution >= 0.6 is 0 Å². The highest BCUT2D eigenvalue weighted by Gasteiger charge is 2.30. The van der Waals surface area contributed by atoms with E-state index in [1.54, 1.807) is 0 Å². The van der Waals surface area contributed by atoms with Gasteiger partial charge < -0.3 is 9.84 Å². The van der Waals surface area contributed by atoms with Crippen LogP contribution in [0.15, 0.2) is 0 Å². The van der Waals surface area contributed by atoms with Crippen LogP contribution in [-0.2, 0) is 4.74 Å². The van der Waals surface area contributed by atoms with Gasteiger partial charge in [0.15, 0.2) is 0 Å². The van der Waals surface area contributed by atoms with E-state index >= 15 is 0 Å². The molecule has 1 atom stereocenters. The molecule has 0 radical (unpaired) electrons. The molecule has 1 fully saturated rings. The van der Waals surface area contributed by atoms with Gasteiger partial charge in [-0.1, -0.05) is 13.3 Å². The van der Waals surface area contributed by atoms with E-state index in [0.717, 1.165) is 25.9 Å². The second-order valence-corrected chi connectivity index (χ2v) is 2.78. The molecule has 2 nitrogen and oxygen atoms in total. The zero-order valence-corrected chi connectivity index (χ0v) is 5.89. The number of rotatable bonds is 2. The molecule has 1 aliphatic rings. The van der Waals surface area contributed by atoms with Gasteiger partial charge in [0.2, 0.25) is 0 Å². The highest BCUT2D eigenvalue weighted by Crippen LogP contribution is 2.22. The lowest BCUT2D eigenvalue weighted by molar-refractivity contribution is 0.0187. The van der Waals surface area contributed by atoms with E-state index in [4.69, 9.17) is 4.74 Å². The average molecular weight is 130 g/mol. The van der Waals surface area contributed by atoms with Crippen molar-refractivity contribution in [2.45, 2.75) is 31.8 Å². The molecular formula is C7H14O2. The number of hydrogen-bond donors (Lipinski definition) is 1. The Labute approximate surface area is 55.8 Å².